The summed E-state index contributed by atoms with van der Waals surface area (Å²) in [6, 6.07) is 0. The molecule has 0 aromatic carbocycles. The molecule has 14 heavy (non-hydrogen) atoms. The summed E-state index contributed by atoms with van der Waals surface area (Å²) in [4.78, 5) is 0. The molecule has 2 nitrogen and oxygen atoms in total. The van der Waals surface area contributed by atoms with Crippen LogP contribution >= 0.6 is 0 Å². The Bertz CT molecular complexity index is 200. The third-order valence-corrected chi connectivity index (χ3v) is 4.17. The van der Waals surface area contributed by atoms with E-state index in [9.17, 15) is 10.2 Å². The van der Waals surface area contributed by atoms with E-state index in [-0.39, 0.29) is 0 Å². The first kappa shape index (κ1) is 10.4. The fourth-order valence-corrected chi connectivity index (χ4v) is 3.31. The number of rotatable bonds is 3. The predicted octanol–water partition coefficient (Wildman–Crippen LogP) is 1.80. The van der Waals surface area contributed by atoms with Crippen LogP contribution in [0.25, 0.3) is 0 Å². The van der Waals surface area contributed by atoms with Gasteiger partial charge in [-0.1, -0.05) is 20.3 Å². The Hall–Kier alpha value is -0.0800. The van der Waals surface area contributed by atoms with Gasteiger partial charge < -0.3 is 10.2 Å². The number of hydrogen-bond acceptors (Lipinski definition) is 2. The van der Waals surface area contributed by atoms with Crippen LogP contribution in [0.5, 0.6) is 0 Å². The molecule has 2 aliphatic carbocycles. The molecule has 5 unspecified atom stereocenters. The van der Waals surface area contributed by atoms with E-state index >= 15 is 0 Å². The van der Waals surface area contributed by atoms with Crippen LogP contribution < -0.4 is 0 Å². The van der Waals surface area contributed by atoms with Gasteiger partial charge in [-0.25, -0.2) is 0 Å². The van der Waals surface area contributed by atoms with Crippen molar-refractivity contribution in [1.29, 1.82) is 0 Å². The normalized spacial score (nSPS) is 46.5. The maximum Gasteiger partial charge on any atom is 0.0832 e. The second-order valence-electron chi connectivity index (χ2n) is 5.61. The van der Waals surface area contributed by atoms with Crippen LogP contribution in [0.3, 0.4) is 0 Å². The summed E-state index contributed by atoms with van der Waals surface area (Å²) in [5, 5.41) is 19.4. The van der Waals surface area contributed by atoms with Crippen LogP contribution in [0.1, 0.15) is 39.5 Å². The standard InChI is InChI=1S/C12H22O2/c1-7(2)3-4-8-5-9-6-10(8)12(14)11(9)13/h7-14H,3-6H2,1-2H3. The van der Waals surface area contributed by atoms with E-state index in [2.05, 4.69) is 13.8 Å². The summed E-state index contributed by atoms with van der Waals surface area (Å²) in [6.45, 7) is 4.50. The molecule has 0 aliphatic heterocycles. The lowest BCUT2D eigenvalue weighted by Gasteiger charge is -2.30. The first-order valence-corrected chi connectivity index (χ1v) is 5.95. The van der Waals surface area contributed by atoms with Gasteiger partial charge in [0.2, 0.25) is 0 Å². The van der Waals surface area contributed by atoms with Crippen LogP contribution in [-0.2, 0) is 0 Å². The number of fused-ring (bicyclic) bond motifs is 2. The van der Waals surface area contributed by atoms with Crippen LogP contribution in [0.4, 0.5) is 0 Å². The van der Waals surface area contributed by atoms with Gasteiger partial charge in [0.1, 0.15) is 0 Å². The van der Waals surface area contributed by atoms with Gasteiger partial charge in [0, 0.05) is 0 Å². The first-order valence-electron chi connectivity index (χ1n) is 5.95. The Morgan fingerprint density at radius 1 is 1.14 bits per heavy atom. The third-order valence-electron chi connectivity index (χ3n) is 4.17. The highest BCUT2D eigenvalue weighted by Gasteiger charge is 2.50. The Kier molecular flexibility index (Phi) is 2.85. The molecule has 2 rings (SSSR count). The van der Waals surface area contributed by atoms with E-state index in [1.54, 1.807) is 0 Å². The lowest BCUT2D eigenvalue weighted by molar-refractivity contribution is -0.0355. The lowest BCUT2D eigenvalue weighted by Crippen LogP contribution is -2.36. The lowest BCUT2D eigenvalue weighted by atomic mass is 9.81. The molecule has 2 heteroatoms. The van der Waals surface area contributed by atoms with Gasteiger partial charge in [-0.15, -0.1) is 0 Å². The highest BCUT2D eigenvalue weighted by molar-refractivity contribution is 5.01. The molecule has 0 amide bonds. The smallest absolute Gasteiger partial charge is 0.0832 e. The second-order valence-corrected chi connectivity index (χ2v) is 5.61. The molecule has 0 saturated heterocycles. The molecule has 2 fully saturated rings. The molecule has 2 N–H and O–H groups in total. The number of aliphatic hydroxyl groups excluding tert-OH is 2. The molecule has 2 saturated carbocycles. The van der Waals surface area contributed by atoms with E-state index in [1.165, 1.54) is 12.8 Å². The molecule has 2 bridgehead atoms. The molecule has 82 valence electrons. The number of aliphatic hydroxyl groups is 2. The molecule has 0 aromatic heterocycles. The van der Waals surface area contributed by atoms with Crippen LogP contribution in [0.15, 0.2) is 0 Å². The van der Waals surface area contributed by atoms with Crippen molar-refractivity contribution < 1.29 is 10.2 Å². The van der Waals surface area contributed by atoms with Crippen molar-refractivity contribution in [1.82, 2.24) is 0 Å². The third kappa shape index (κ3) is 1.70. The summed E-state index contributed by atoms with van der Waals surface area (Å²) in [7, 11) is 0. The second kappa shape index (κ2) is 3.82. The zero-order valence-corrected chi connectivity index (χ0v) is 9.19. The number of hydrogen-bond donors (Lipinski definition) is 2. The van der Waals surface area contributed by atoms with Gasteiger partial charge in [0.15, 0.2) is 0 Å². The summed E-state index contributed by atoms with van der Waals surface area (Å²) in [6.07, 6.45) is 3.86. The Labute approximate surface area is 86.3 Å². The molecule has 5 atom stereocenters. The molecule has 0 spiro atoms. The van der Waals surface area contributed by atoms with Crippen molar-refractivity contribution in [3.8, 4) is 0 Å². The molecular weight excluding hydrogens is 176 g/mol. The van der Waals surface area contributed by atoms with Crippen molar-refractivity contribution in [2.75, 3.05) is 0 Å². The fraction of sp³-hybridized carbons (Fsp3) is 1.00. The van der Waals surface area contributed by atoms with Gasteiger partial charge >= 0.3 is 0 Å². The van der Waals surface area contributed by atoms with E-state index in [4.69, 9.17) is 0 Å². The highest BCUT2D eigenvalue weighted by Crippen LogP contribution is 2.50. The van der Waals surface area contributed by atoms with Crippen LogP contribution in [-0.4, -0.2) is 22.4 Å². The van der Waals surface area contributed by atoms with E-state index in [0.717, 1.165) is 18.8 Å². The quantitative estimate of drug-likeness (QED) is 0.726. The van der Waals surface area contributed by atoms with Gasteiger partial charge in [-0.3, -0.25) is 0 Å². The minimum Gasteiger partial charge on any atom is -0.390 e. The maximum atomic E-state index is 9.77. The van der Waals surface area contributed by atoms with Gasteiger partial charge in [-0.2, -0.15) is 0 Å². The molecule has 0 radical (unpaired) electrons. The molecular formula is C12H22O2. The summed E-state index contributed by atoms with van der Waals surface area (Å²) in [5.74, 6) is 2.23. The monoisotopic (exact) mass is 198 g/mol. The molecule has 0 aromatic rings. The van der Waals surface area contributed by atoms with E-state index < -0.39 is 12.2 Å². The van der Waals surface area contributed by atoms with Crippen LogP contribution in [0, 0.1) is 23.7 Å². The average molecular weight is 198 g/mol. The zero-order valence-electron chi connectivity index (χ0n) is 9.19. The van der Waals surface area contributed by atoms with Crippen molar-refractivity contribution in [2.24, 2.45) is 23.7 Å². The first-order chi connectivity index (χ1) is 6.59. The van der Waals surface area contributed by atoms with Gasteiger partial charge in [0.25, 0.3) is 0 Å². The Morgan fingerprint density at radius 3 is 2.36 bits per heavy atom. The molecule has 2 aliphatic rings. The van der Waals surface area contributed by atoms with Crippen LogP contribution in [0.2, 0.25) is 0 Å². The van der Waals surface area contributed by atoms with Crippen molar-refractivity contribution >= 4 is 0 Å². The largest absolute Gasteiger partial charge is 0.390 e. The summed E-state index contributed by atoms with van der Waals surface area (Å²) >= 11 is 0. The summed E-state index contributed by atoms with van der Waals surface area (Å²) < 4.78 is 0. The van der Waals surface area contributed by atoms with Gasteiger partial charge in [0.05, 0.1) is 12.2 Å². The minimum absolute atomic E-state index is 0.396. The van der Waals surface area contributed by atoms with Crippen molar-refractivity contribution in [3.05, 3.63) is 0 Å². The zero-order chi connectivity index (χ0) is 10.3. The Morgan fingerprint density at radius 2 is 1.86 bits per heavy atom. The maximum absolute atomic E-state index is 9.77. The average Bonchev–Trinajstić information content (AvgIpc) is 2.64. The van der Waals surface area contributed by atoms with E-state index in [1.807, 2.05) is 0 Å². The SMILES string of the molecule is CC(C)CCC1CC2CC1C(O)C2O. The topological polar surface area (TPSA) is 40.5 Å². The summed E-state index contributed by atoms with van der Waals surface area (Å²) in [5.41, 5.74) is 0. The van der Waals surface area contributed by atoms with Gasteiger partial charge in [-0.05, 0) is 42.9 Å². The van der Waals surface area contributed by atoms with Crippen molar-refractivity contribution in [2.45, 2.75) is 51.7 Å². The Balaban J connectivity index is 1.87. The minimum atomic E-state index is -0.425. The fourth-order valence-electron chi connectivity index (χ4n) is 3.31. The predicted molar refractivity (Wildman–Crippen MR) is 55.8 cm³/mol. The van der Waals surface area contributed by atoms with E-state index in [0.29, 0.717) is 17.8 Å². The molecule has 0 heterocycles. The highest BCUT2D eigenvalue weighted by atomic mass is 16.3. The van der Waals surface area contributed by atoms with Crippen molar-refractivity contribution in [3.63, 3.8) is 0 Å².